The lowest BCUT2D eigenvalue weighted by Crippen LogP contribution is -2.34. The molecule has 2 saturated heterocycles. The molecule has 4 rings (SSSR count). The monoisotopic (exact) mass is 341 g/mol. The SMILES string of the molecule is Cc1ccc(CN2C[C@@H]3[C@H](CNC(=O)c4ccncc4)CO[C@@H]3C2)o1. The summed E-state index contributed by atoms with van der Waals surface area (Å²) in [5.41, 5.74) is 0.645. The molecule has 25 heavy (non-hydrogen) atoms. The fourth-order valence-electron chi connectivity index (χ4n) is 3.84. The summed E-state index contributed by atoms with van der Waals surface area (Å²) in [5, 5.41) is 3.04. The number of hydrogen-bond donors (Lipinski definition) is 1. The van der Waals surface area contributed by atoms with Crippen LogP contribution in [0.25, 0.3) is 0 Å². The second-order valence-electron chi connectivity index (χ2n) is 6.95. The van der Waals surface area contributed by atoms with Crippen molar-refractivity contribution in [1.29, 1.82) is 0 Å². The number of pyridine rings is 1. The summed E-state index contributed by atoms with van der Waals surface area (Å²) in [6, 6.07) is 7.49. The standard InChI is InChI=1S/C19H23N3O3/c1-13-2-3-16(25-13)9-22-10-17-15(12-24-18(17)11-22)8-21-19(23)14-4-6-20-7-5-14/h2-7,15,17-18H,8-12H2,1H3,(H,21,23)/t15-,17-,18-/m1/s1. The van der Waals surface area contributed by atoms with Crippen molar-refractivity contribution in [1.82, 2.24) is 15.2 Å². The van der Waals surface area contributed by atoms with Crippen LogP contribution in [0.2, 0.25) is 0 Å². The van der Waals surface area contributed by atoms with Crippen LogP contribution in [-0.2, 0) is 11.3 Å². The number of furan rings is 1. The van der Waals surface area contributed by atoms with Gasteiger partial charge in [-0.1, -0.05) is 0 Å². The summed E-state index contributed by atoms with van der Waals surface area (Å²) in [6.45, 7) is 6.07. The van der Waals surface area contributed by atoms with E-state index in [9.17, 15) is 4.79 Å². The Hall–Kier alpha value is -2.18. The van der Waals surface area contributed by atoms with Gasteiger partial charge < -0.3 is 14.5 Å². The Morgan fingerprint density at radius 1 is 1.28 bits per heavy atom. The summed E-state index contributed by atoms with van der Waals surface area (Å²) >= 11 is 0. The van der Waals surface area contributed by atoms with Crippen LogP contribution in [-0.4, -0.2) is 48.1 Å². The molecule has 132 valence electrons. The maximum atomic E-state index is 12.2. The van der Waals surface area contributed by atoms with Gasteiger partial charge in [-0.25, -0.2) is 0 Å². The van der Waals surface area contributed by atoms with Gasteiger partial charge in [-0.05, 0) is 31.2 Å². The second kappa shape index (κ2) is 6.98. The molecule has 2 fully saturated rings. The molecule has 2 aliphatic rings. The van der Waals surface area contributed by atoms with E-state index in [4.69, 9.17) is 9.15 Å². The van der Waals surface area contributed by atoms with E-state index in [-0.39, 0.29) is 12.0 Å². The Morgan fingerprint density at radius 2 is 2.12 bits per heavy atom. The first kappa shape index (κ1) is 16.3. The van der Waals surface area contributed by atoms with Gasteiger partial charge in [0.2, 0.25) is 0 Å². The van der Waals surface area contributed by atoms with Crippen LogP contribution in [0.1, 0.15) is 21.9 Å². The van der Waals surface area contributed by atoms with Crippen molar-refractivity contribution >= 4 is 5.91 Å². The molecule has 0 bridgehead atoms. The van der Waals surface area contributed by atoms with Crippen molar-refractivity contribution in [2.75, 3.05) is 26.2 Å². The molecular weight excluding hydrogens is 318 g/mol. The zero-order valence-corrected chi connectivity index (χ0v) is 14.4. The number of aromatic nitrogens is 1. The molecule has 4 heterocycles. The third-order valence-corrected chi connectivity index (χ3v) is 5.16. The maximum absolute atomic E-state index is 12.2. The number of ether oxygens (including phenoxy) is 1. The van der Waals surface area contributed by atoms with E-state index in [2.05, 4.69) is 15.2 Å². The van der Waals surface area contributed by atoms with E-state index in [1.807, 2.05) is 19.1 Å². The topological polar surface area (TPSA) is 67.6 Å². The van der Waals surface area contributed by atoms with E-state index < -0.39 is 0 Å². The van der Waals surface area contributed by atoms with E-state index >= 15 is 0 Å². The summed E-state index contributed by atoms with van der Waals surface area (Å²) < 4.78 is 11.6. The smallest absolute Gasteiger partial charge is 0.251 e. The summed E-state index contributed by atoms with van der Waals surface area (Å²) in [5.74, 6) is 2.72. The number of aryl methyl sites for hydroxylation is 1. The van der Waals surface area contributed by atoms with E-state index in [0.717, 1.165) is 37.8 Å². The molecule has 2 aliphatic heterocycles. The summed E-state index contributed by atoms with van der Waals surface area (Å²) in [4.78, 5) is 18.5. The fourth-order valence-corrected chi connectivity index (χ4v) is 3.84. The predicted octanol–water partition coefficient (Wildman–Crippen LogP) is 1.86. The quantitative estimate of drug-likeness (QED) is 0.899. The van der Waals surface area contributed by atoms with Gasteiger partial charge in [-0.15, -0.1) is 0 Å². The first-order valence-electron chi connectivity index (χ1n) is 8.76. The molecular formula is C19H23N3O3. The van der Waals surface area contributed by atoms with Crippen LogP contribution >= 0.6 is 0 Å². The Balaban J connectivity index is 1.30. The first-order valence-corrected chi connectivity index (χ1v) is 8.76. The van der Waals surface area contributed by atoms with Crippen LogP contribution in [0.15, 0.2) is 41.1 Å². The van der Waals surface area contributed by atoms with Gasteiger partial charge in [0, 0.05) is 49.4 Å². The lowest BCUT2D eigenvalue weighted by atomic mass is 9.93. The van der Waals surface area contributed by atoms with Gasteiger partial charge in [-0.2, -0.15) is 0 Å². The predicted molar refractivity (Wildman–Crippen MR) is 92.0 cm³/mol. The largest absolute Gasteiger partial charge is 0.465 e. The zero-order valence-electron chi connectivity index (χ0n) is 14.4. The molecule has 2 aromatic heterocycles. The average molecular weight is 341 g/mol. The fraction of sp³-hybridized carbons (Fsp3) is 0.474. The van der Waals surface area contributed by atoms with Crippen LogP contribution < -0.4 is 5.32 Å². The second-order valence-corrected chi connectivity index (χ2v) is 6.95. The molecule has 0 aliphatic carbocycles. The molecule has 1 N–H and O–H groups in total. The number of nitrogens with one attached hydrogen (secondary N) is 1. The van der Waals surface area contributed by atoms with Crippen molar-refractivity contribution in [3.63, 3.8) is 0 Å². The third-order valence-electron chi connectivity index (χ3n) is 5.16. The van der Waals surface area contributed by atoms with Crippen LogP contribution in [0.4, 0.5) is 0 Å². The first-order chi connectivity index (χ1) is 12.2. The molecule has 0 spiro atoms. The number of nitrogens with zero attached hydrogens (tertiary/aromatic N) is 2. The Bertz CT molecular complexity index is 731. The minimum atomic E-state index is -0.0493. The third kappa shape index (κ3) is 3.60. The van der Waals surface area contributed by atoms with Crippen LogP contribution in [0, 0.1) is 18.8 Å². The number of likely N-dealkylation sites (tertiary alicyclic amines) is 1. The molecule has 6 nitrogen and oxygen atoms in total. The number of carbonyl (C=O) groups excluding carboxylic acids is 1. The minimum Gasteiger partial charge on any atom is -0.465 e. The van der Waals surface area contributed by atoms with Crippen molar-refractivity contribution < 1.29 is 13.9 Å². The number of amides is 1. The number of hydrogen-bond acceptors (Lipinski definition) is 5. The van der Waals surface area contributed by atoms with Gasteiger partial charge in [0.1, 0.15) is 11.5 Å². The van der Waals surface area contributed by atoms with Crippen molar-refractivity contribution in [3.8, 4) is 0 Å². The van der Waals surface area contributed by atoms with Crippen molar-refractivity contribution in [3.05, 3.63) is 53.7 Å². The highest BCUT2D eigenvalue weighted by atomic mass is 16.5. The van der Waals surface area contributed by atoms with E-state index in [1.54, 1.807) is 24.5 Å². The average Bonchev–Trinajstić information content (AvgIpc) is 3.30. The Morgan fingerprint density at radius 3 is 2.88 bits per heavy atom. The minimum absolute atomic E-state index is 0.0493. The zero-order chi connectivity index (χ0) is 17.2. The van der Waals surface area contributed by atoms with Crippen molar-refractivity contribution in [2.45, 2.75) is 19.6 Å². The summed E-state index contributed by atoms with van der Waals surface area (Å²) in [7, 11) is 0. The van der Waals surface area contributed by atoms with Crippen molar-refractivity contribution in [2.24, 2.45) is 11.8 Å². The van der Waals surface area contributed by atoms with Gasteiger partial charge in [-0.3, -0.25) is 14.7 Å². The molecule has 0 radical (unpaired) electrons. The molecule has 0 aromatic carbocycles. The molecule has 0 saturated carbocycles. The van der Waals surface area contributed by atoms with Crippen LogP contribution in [0.5, 0.6) is 0 Å². The maximum Gasteiger partial charge on any atom is 0.251 e. The normalized spacial score (nSPS) is 25.9. The molecule has 0 unspecified atom stereocenters. The number of fused-ring (bicyclic) bond motifs is 1. The Labute approximate surface area is 147 Å². The highest BCUT2D eigenvalue weighted by molar-refractivity contribution is 5.93. The molecule has 3 atom stereocenters. The number of rotatable bonds is 5. The molecule has 1 amide bonds. The lowest BCUT2D eigenvalue weighted by molar-refractivity contribution is 0.0897. The van der Waals surface area contributed by atoms with Gasteiger partial charge in [0.15, 0.2) is 0 Å². The van der Waals surface area contributed by atoms with Crippen LogP contribution in [0.3, 0.4) is 0 Å². The highest BCUT2D eigenvalue weighted by Gasteiger charge is 2.43. The number of carbonyl (C=O) groups is 1. The molecule has 2 aromatic rings. The van der Waals surface area contributed by atoms with E-state index in [1.165, 1.54) is 0 Å². The molecule has 6 heteroatoms. The van der Waals surface area contributed by atoms with Gasteiger partial charge in [0.25, 0.3) is 5.91 Å². The highest BCUT2D eigenvalue weighted by Crippen LogP contribution is 2.34. The van der Waals surface area contributed by atoms with Gasteiger partial charge >= 0.3 is 0 Å². The van der Waals surface area contributed by atoms with Gasteiger partial charge in [0.05, 0.1) is 19.3 Å². The summed E-state index contributed by atoms with van der Waals surface area (Å²) in [6.07, 6.45) is 3.53. The van der Waals surface area contributed by atoms with E-state index in [0.29, 0.717) is 23.9 Å². The Kier molecular flexibility index (Phi) is 4.55. The lowest BCUT2D eigenvalue weighted by Gasteiger charge is -2.19.